The second kappa shape index (κ2) is 5.01. The Bertz CT molecular complexity index is 761. The van der Waals surface area contributed by atoms with E-state index >= 15 is 0 Å². The van der Waals surface area contributed by atoms with Crippen molar-refractivity contribution in [3.63, 3.8) is 0 Å². The van der Waals surface area contributed by atoms with Crippen LogP contribution in [0.25, 0.3) is 17.2 Å². The molecule has 20 heavy (non-hydrogen) atoms. The maximum absolute atomic E-state index is 4.62. The number of hydrogen-bond acceptors (Lipinski definition) is 4. The molecule has 0 N–H and O–H groups in total. The van der Waals surface area contributed by atoms with Gasteiger partial charge in [-0.3, -0.25) is 0 Å². The average molecular weight is 379 g/mol. The number of pyridine rings is 1. The minimum atomic E-state index is 0.647. The molecule has 0 radical (unpaired) electrons. The van der Waals surface area contributed by atoms with E-state index in [1.165, 1.54) is 3.57 Å². The lowest BCUT2D eigenvalue weighted by Crippen LogP contribution is -2.09. The molecule has 0 unspecified atom stereocenters. The standard InChI is InChI=1S/C14H14IN5/c1-9-4-10(15)7-20-8-12(18-14(9)20)13-16-5-11(6-17-13)19(2)3/h4-8H,1-3H3. The van der Waals surface area contributed by atoms with Crippen molar-refractivity contribution in [2.45, 2.75) is 6.92 Å². The van der Waals surface area contributed by atoms with Gasteiger partial charge in [-0.05, 0) is 41.1 Å². The van der Waals surface area contributed by atoms with E-state index in [0.29, 0.717) is 5.82 Å². The highest BCUT2D eigenvalue weighted by atomic mass is 127. The van der Waals surface area contributed by atoms with Crippen LogP contribution in [0.2, 0.25) is 0 Å². The van der Waals surface area contributed by atoms with Gasteiger partial charge in [-0.1, -0.05) is 0 Å². The van der Waals surface area contributed by atoms with E-state index in [4.69, 9.17) is 0 Å². The second-order valence-corrected chi connectivity index (χ2v) is 6.10. The van der Waals surface area contributed by atoms with Gasteiger partial charge in [-0.2, -0.15) is 0 Å². The van der Waals surface area contributed by atoms with Gasteiger partial charge in [0, 0.05) is 30.1 Å². The molecule has 0 aliphatic heterocycles. The van der Waals surface area contributed by atoms with Crippen LogP contribution in [0.5, 0.6) is 0 Å². The predicted molar refractivity (Wildman–Crippen MR) is 88.0 cm³/mol. The fourth-order valence-electron chi connectivity index (χ4n) is 2.02. The predicted octanol–water partition coefficient (Wildman–Crippen LogP) is 2.77. The first-order valence-corrected chi connectivity index (χ1v) is 7.27. The van der Waals surface area contributed by atoms with Crippen molar-refractivity contribution >= 4 is 33.9 Å². The van der Waals surface area contributed by atoms with Crippen molar-refractivity contribution in [3.8, 4) is 11.5 Å². The minimum absolute atomic E-state index is 0.647. The fourth-order valence-corrected chi connectivity index (χ4v) is 2.78. The van der Waals surface area contributed by atoms with Crippen LogP contribution in [-0.4, -0.2) is 33.4 Å². The molecule has 3 aromatic rings. The van der Waals surface area contributed by atoms with E-state index in [-0.39, 0.29) is 0 Å². The van der Waals surface area contributed by atoms with Crippen LogP contribution in [0.1, 0.15) is 5.56 Å². The van der Waals surface area contributed by atoms with Gasteiger partial charge in [0.15, 0.2) is 5.82 Å². The zero-order valence-corrected chi connectivity index (χ0v) is 13.7. The van der Waals surface area contributed by atoms with Gasteiger partial charge in [0.1, 0.15) is 11.3 Å². The summed E-state index contributed by atoms with van der Waals surface area (Å²) in [4.78, 5) is 15.4. The van der Waals surface area contributed by atoms with E-state index in [0.717, 1.165) is 22.6 Å². The summed E-state index contributed by atoms with van der Waals surface area (Å²) in [5.41, 5.74) is 3.86. The third-order valence-electron chi connectivity index (χ3n) is 3.09. The zero-order chi connectivity index (χ0) is 14.3. The van der Waals surface area contributed by atoms with Crippen molar-refractivity contribution in [3.05, 3.63) is 40.0 Å². The molecule has 3 heterocycles. The third-order valence-corrected chi connectivity index (χ3v) is 3.68. The third kappa shape index (κ3) is 2.35. The highest BCUT2D eigenvalue weighted by Gasteiger charge is 2.09. The minimum Gasteiger partial charge on any atom is -0.375 e. The molecular weight excluding hydrogens is 365 g/mol. The Hall–Kier alpha value is -1.70. The van der Waals surface area contributed by atoms with Gasteiger partial charge in [0.25, 0.3) is 0 Å². The zero-order valence-electron chi connectivity index (χ0n) is 11.5. The number of fused-ring (bicyclic) bond motifs is 1. The van der Waals surface area contributed by atoms with Crippen LogP contribution in [0.3, 0.4) is 0 Å². The SMILES string of the molecule is Cc1cc(I)cn2cc(-c3ncc(N(C)C)cn3)nc12. The summed E-state index contributed by atoms with van der Waals surface area (Å²) in [6.45, 7) is 2.06. The Morgan fingerprint density at radius 1 is 1.15 bits per heavy atom. The van der Waals surface area contributed by atoms with Crippen LogP contribution in [-0.2, 0) is 0 Å². The van der Waals surface area contributed by atoms with Crippen molar-refractivity contribution in [1.82, 2.24) is 19.4 Å². The van der Waals surface area contributed by atoms with Crippen LogP contribution in [0, 0.1) is 10.5 Å². The highest BCUT2D eigenvalue weighted by Crippen LogP contribution is 2.20. The monoisotopic (exact) mass is 379 g/mol. The number of nitrogens with zero attached hydrogens (tertiary/aromatic N) is 5. The van der Waals surface area contributed by atoms with Crippen LogP contribution < -0.4 is 4.90 Å². The molecule has 102 valence electrons. The second-order valence-electron chi connectivity index (χ2n) is 4.86. The maximum Gasteiger partial charge on any atom is 0.179 e. The molecule has 5 nitrogen and oxygen atoms in total. The van der Waals surface area contributed by atoms with Crippen molar-refractivity contribution < 1.29 is 0 Å². The molecule has 0 saturated heterocycles. The Morgan fingerprint density at radius 2 is 1.85 bits per heavy atom. The summed E-state index contributed by atoms with van der Waals surface area (Å²) in [6, 6.07) is 2.11. The van der Waals surface area contributed by atoms with E-state index in [2.05, 4.69) is 50.5 Å². The molecule has 0 spiro atoms. The van der Waals surface area contributed by atoms with E-state index in [9.17, 15) is 0 Å². The van der Waals surface area contributed by atoms with Gasteiger partial charge in [0.2, 0.25) is 0 Å². The summed E-state index contributed by atoms with van der Waals surface area (Å²) in [5, 5.41) is 0. The summed E-state index contributed by atoms with van der Waals surface area (Å²) < 4.78 is 3.20. The number of rotatable bonds is 2. The largest absolute Gasteiger partial charge is 0.375 e. The van der Waals surface area contributed by atoms with Crippen LogP contribution in [0.4, 0.5) is 5.69 Å². The van der Waals surface area contributed by atoms with Gasteiger partial charge >= 0.3 is 0 Å². The smallest absolute Gasteiger partial charge is 0.179 e. The molecule has 0 bridgehead atoms. The van der Waals surface area contributed by atoms with E-state index < -0.39 is 0 Å². The number of aromatic nitrogens is 4. The molecular formula is C14H14IN5. The van der Waals surface area contributed by atoms with Gasteiger partial charge in [0.05, 0.1) is 18.1 Å². The number of anilines is 1. The van der Waals surface area contributed by atoms with E-state index in [1.807, 2.05) is 48.2 Å². The molecule has 0 atom stereocenters. The van der Waals surface area contributed by atoms with Gasteiger partial charge < -0.3 is 9.30 Å². The molecule has 0 aliphatic rings. The molecule has 0 saturated carbocycles. The Labute approximate surface area is 130 Å². The molecule has 0 fully saturated rings. The van der Waals surface area contributed by atoms with Crippen molar-refractivity contribution in [1.29, 1.82) is 0 Å². The molecule has 0 aliphatic carbocycles. The number of halogens is 1. The molecule has 0 aromatic carbocycles. The first-order chi connectivity index (χ1) is 9.54. The first kappa shape index (κ1) is 13.3. The molecule has 3 rings (SSSR count). The first-order valence-electron chi connectivity index (χ1n) is 6.19. The Balaban J connectivity index is 2.08. The van der Waals surface area contributed by atoms with Crippen LogP contribution in [0.15, 0.2) is 30.9 Å². The lowest BCUT2D eigenvalue weighted by atomic mass is 10.3. The summed E-state index contributed by atoms with van der Waals surface area (Å²) in [6.07, 6.45) is 7.63. The van der Waals surface area contributed by atoms with Crippen LogP contribution >= 0.6 is 22.6 Å². The number of imidazole rings is 1. The van der Waals surface area contributed by atoms with Gasteiger partial charge in [-0.15, -0.1) is 0 Å². The lowest BCUT2D eigenvalue weighted by molar-refractivity contribution is 1.07. The van der Waals surface area contributed by atoms with E-state index in [1.54, 1.807) is 0 Å². The summed E-state index contributed by atoms with van der Waals surface area (Å²) in [7, 11) is 3.93. The van der Waals surface area contributed by atoms with Gasteiger partial charge in [-0.25, -0.2) is 15.0 Å². The highest BCUT2D eigenvalue weighted by molar-refractivity contribution is 14.1. The number of hydrogen-bond donors (Lipinski definition) is 0. The van der Waals surface area contributed by atoms with Crippen molar-refractivity contribution in [2.75, 3.05) is 19.0 Å². The molecule has 6 heteroatoms. The Morgan fingerprint density at radius 3 is 2.50 bits per heavy atom. The summed E-state index contributed by atoms with van der Waals surface area (Å²) in [5.74, 6) is 0.647. The fraction of sp³-hybridized carbons (Fsp3) is 0.214. The number of aryl methyl sites for hydroxylation is 1. The molecule has 3 aromatic heterocycles. The molecule has 0 amide bonds. The quantitative estimate of drug-likeness (QED) is 0.643. The lowest BCUT2D eigenvalue weighted by Gasteiger charge is -2.10. The normalized spacial score (nSPS) is 11.0. The Kier molecular flexibility index (Phi) is 3.33. The van der Waals surface area contributed by atoms with Crippen molar-refractivity contribution in [2.24, 2.45) is 0 Å². The topological polar surface area (TPSA) is 46.3 Å². The average Bonchev–Trinajstić information content (AvgIpc) is 2.83. The summed E-state index contributed by atoms with van der Waals surface area (Å²) >= 11 is 2.30. The maximum atomic E-state index is 4.62.